The topological polar surface area (TPSA) is 85.9 Å². The molecule has 4 aromatic rings. The molecule has 0 atom stereocenters. The lowest BCUT2D eigenvalue weighted by atomic mass is 9.96. The molecule has 1 N–H and O–H groups in total. The van der Waals surface area contributed by atoms with E-state index in [0.717, 1.165) is 22.4 Å². The van der Waals surface area contributed by atoms with Gasteiger partial charge in [-0.15, -0.1) is 0 Å². The van der Waals surface area contributed by atoms with Crippen molar-refractivity contribution in [3.63, 3.8) is 0 Å². The number of hydrogen-bond donors (Lipinski definition) is 1. The van der Waals surface area contributed by atoms with Crippen molar-refractivity contribution in [3.8, 4) is 28.6 Å². The normalized spacial score (nSPS) is 11.5. The lowest BCUT2D eigenvalue weighted by Crippen LogP contribution is -2.20. The van der Waals surface area contributed by atoms with Crippen LogP contribution in [0.3, 0.4) is 0 Å². The molecule has 34 heavy (non-hydrogen) atoms. The van der Waals surface area contributed by atoms with Gasteiger partial charge in [-0.3, -0.25) is 4.79 Å². The second kappa shape index (κ2) is 9.39. The van der Waals surface area contributed by atoms with E-state index in [2.05, 4.69) is 18.9 Å². The monoisotopic (exact) mass is 457 g/mol. The molecule has 3 aromatic carbocycles. The number of benzene rings is 3. The molecule has 0 fully saturated rings. The molecule has 0 amide bonds. The zero-order valence-electron chi connectivity index (χ0n) is 19.9. The number of phenols is 1. The van der Waals surface area contributed by atoms with Crippen LogP contribution in [0.15, 0.2) is 64.5 Å². The maximum absolute atomic E-state index is 13.5. The van der Waals surface area contributed by atoms with E-state index in [1.807, 2.05) is 31.2 Å². The van der Waals surface area contributed by atoms with Crippen LogP contribution in [-0.4, -0.2) is 35.2 Å². The first-order valence-electron chi connectivity index (χ1n) is 11.0. The number of fused-ring (bicyclic) bond motifs is 1. The third-order valence-corrected chi connectivity index (χ3v) is 5.72. The highest BCUT2D eigenvalue weighted by Crippen LogP contribution is 2.34. The molecular weight excluding hydrogens is 430 g/mol. The number of ether oxygens (including phenoxy) is 2. The van der Waals surface area contributed by atoms with Crippen LogP contribution in [0, 0.1) is 6.92 Å². The van der Waals surface area contributed by atoms with E-state index in [9.17, 15) is 9.90 Å². The second-order valence-electron chi connectivity index (χ2n) is 8.31. The fourth-order valence-electron chi connectivity index (χ4n) is 3.87. The first-order chi connectivity index (χ1) is 16.3. The average molecular weight is 458 g/mol. The minimum atomic E-state index is -0.274. The van der Waals surface area contributed by atoms with Gasteiger partial charge in [0.1, 0.15) is 5.75 Å². The zero-order valence-corrected chi connectivity index (χ0v) is 19.9. The molecular formula is C27H27N3O4. The molecule has 4 rings (SSSR count). The van der Waals surface area contributed by atoms with E-state index in [4.69, 9.17) is 14.5 Å². The Morgan fingerprint density at radius 2 is 1.76 bits per heavy atom. The zero-order chi connectivity index (χ0) is 24.4. The van der Waals surface area contributed by atoms with Crippen molar-refractivity contribution in [2.24, 2.45) is 5.10 Å². The molecule has 0 aliphatic carbocycles. The Kier molecular flexibility index (Phi) is 6.36. The van der Waals surface area contributed by atoms with Crippen LogP contribution in [0.2, 0.25) is 0 Å². The third-order valence-electron chi connectivity index (χ3n) is 5.72. The molecule has 0 aliphatic rings. The first-order valence-corrected chi connectivity index (χ1v) is 11.0. The fourth-order valence-corrected chi connectivity index (χ4v) is 3.87. The number of aromatic hydroxyl groups is 1. The van der Waals surface area contributed by atoms with Crippen molar-refractivity contribution in [2.75, 3.05) is 14.2 Å². The maximum Gasteiger partial charge on any atom is 0.282 e. The number of aryl methyl sites for hydroxylation is 1. The highest BCUT2D eigenvalue weighted by atomic mass is 16.5. The Morgan fingerprint density at radius 1 is 1.03 bits per heavy atom. The summed E-state index contributed by atoms with van der Waals surface area (Å²) in [5, 5.41) is 14.9. The van der Waals surface area contributed by atoms with Gasteiger partial charge in [0.15, 0.2) is 17.3 Å². The second-order valence-corrected chi connectivity index (χ2v) is 8.31. The summed E-state index contributed by atoms with van der Waals surface area (Å²) in [5.74, 6) is 1.79. The minimum absolute atomic E-state index is 0.0277. The largest absolute Gasteiger partial charge is 0.504 e. The van der Waals surface area contributed by atoms with Crippen LogP contribution >= 0.6 is 0 Å². The summed E-state index contributed by atoms with van der Waals surface area (Å²) in [4.78, 5) is 18.3. The summed E-state index contributed by atoms with van der Waals surface area (Å²) >= 11 is 0. The van der Waals surface area contributed by atoms with Gasteiger partial charge in [-0.1, -0.05) is 26.0 Å². The van der Waals surface area contributed by atoms with Crippen molar-refractivity contribution in [1.82, 2.24) is 9.66 Å². The Bertz CT molecular complexity index is 1450. The van der Waals surface area contributed by atoms with Gasteiger partial charge in [0.2, 0.25) is 0 Å². The van der Waals surface area contributed by atoms with Crippen LogP contribution in [0.5, 0.6) is 17.2 Å². The fraction of sp³-hybridized carbons (Fsp3) is 0.222. The molecule has 7 nitrogen and oxygen atoms in total. The molecule has 1 aromatic heterocycles. The molecule has 174 valence electrons. The molecule has 0 saturated heterocycles. The van der Waals surface area contributed by atoms with Crippen molar-refractivity contribution in [2.45, 2.75) is 26.7 Å². The highest BCUT2D eigenvalue weighted by Gasteiger charge is 2.18. The highest BCUT2D eigenvalue weighted by molar-refractivity contribution is 5.83. The molecule has 0 radical (unpaired) electrons. The molecule has 0 bridgehead atoms. The Hall–Kier alpha value is -4.13. The van der Waals surface area contributed by atoms with Crippen molar-refractivity contribution in [1.29, 1.82) is 0 Å². The van der Waals surface area contributed by atoms with Gasteiger partial charge in [0.25, 0.3) is 5.56 Å². The van der Waals surface area contributed by atoms with E-state index in [1.54, 1.807) is 37.6 Å². The number of rotatable bonds is 6. The lowest BCUT2D eigenvalue weighted by Gasteiger charge is -2.17. The van der Waals surface area contributed by atoms with Crippen molar-refractivity contribution < 1.29 is 14.6 Å². The molecule has 1 heterocycles. The van der Waals surface area contributed by atoms with E-state index in [0.29, 0.717) is 28.0 Å². The molecule has 7 heteroatoms. The molecule has 0 spiro atoms. The number of hydrogen-bond acceptors (Lipinski definition) is 6. The molecule has 0 saturated carbocycles. The Labute approximate surface area is 197 Å². The summed E-state index contributed by atoms with van der Waals surface area (Å²) in [7, 11) is 3.13. The van der Waals surface area contributed by atoms with Crippen LogP contribution in [0.4, 0.5) is 0 Å². The van der Waals surface area contributed by atoms with E-state index in [-0.39, 0.29) is 17.2 Å². The number of methoxy groups -OCH3 is 2. The van der Waals surface area contributed by atoms with Gasteiger partial charge in [-0.25, -0.2) is 4.98 Å². The van der Waals surface area contributed by atoms with Crippen LogP contribution < -0.4 is 15.0 Å². The predicted molar refractivity (Wildman–Crippen MR) is 134 cm³/mol. The van der Waals surface area contributed by atoms with Gasteiger partial charge in [-0.05, 0) is 72.0 Å². The first kappa shape index (κ1) is 23.0. The summed E-state index contributed by atoms with van der Waals surface area (Å²) in [6.07, 6.45) is 1.55. The minimum Gasteiger partial charge on any atom is -0.504 e. The summed E-state index contributed by atoms with van der Waals surface area (Å²) < 4.78 is 12.1. The van der Waals surface area contributed by atoms with Gasteiger partial charge in [0.05, 0.1) is 31.3 Å². The predicted octanol–water partition coefficient (Wildman–Crippen LogP) is 5.10. The van der Waals surface area contributed by atoms with Gasteiger partial charge in [0, 0.05) is 5.56 Å². The smallest absolute Gasteiger partial charge is 0.282 e. The van der Waals surface area contributed by atoms with Gasteiger partial charge >= 0.3 is 0 Å². The van der Waals surface area contributed by atoms with Crippen molar-refractivity contribution >= 4 is 17.1 Å². The number of para-hydroxylation sites is 1. The molecule has 0 unspecified atom stereocenters. The number of nitrogens with zero attached hydrogens (tertiary/aromatic N) is 3. The Balaban J connectivity index is 1.97. The summed E-state index contributed by atoms with van der Waals surface area (Å²) in [5.41, 5.74) is 3.72. The number of phenolic OH excluding ortho intramolecular Hbond substituents is 1. The van der Waals surface area contributed by atoms with Crippen LogP contribution in [0.25, 0.3) is 22.3 Å². The lowest BCUT2D eigenvalue weighted by molar-refractivity contribution is 0.373. The summed E-state index contributed by atoms with van der Waals surface area (Å²) in [6.45, 7) is 6.14. The van der Waals surface area contributed by atoms with Crippen LogP contribution in [0.1, 0.15) is 36.5 Å². The van der Waals surface area contributed by atoms with E-state index in [1.165, 1.54) is 17.9 Å². The SMILES string of the molecule is COc1cc(C=Nn2c(-c3cc(C(C)C)c(OC)cc3C)nc3ccccc3c2=O)ccc1O. The van der Waals surface area contributed by atoms with Crippen molar-refractivity contribution in [3.05, 3.63) is 81.6 Å². The average Bonchev–Trinajstić information content (AvgIpc) is 2.83. The van der Waals surface area contributed by atoms with E-state index < -0.39 is 0 Å². The summed E-state index contributed by atoms with van der Waals surface area (Å²) in [6, 6.07) is 16.1. The van der Waals surface area contributed by atoms with Gasteiger partial charge < -0.3 is 14.6 Å². The molecule has 0 aliphatic heterocycles. The maximum atomic E-state index is 13.5. The van der Waals surface area contributed by atoms with Gasteiger partial charge in [-0.2, -0.15) is 9.78 Å². The third kappa shape index (κ3) is 4.24. The Morgan fingerprint density at radius 3 is 2.47 bits per heavy atom. The number of aromatic nitrogens is 2. The standard InChI is InChI=1S/C27H27N3O4/c1-16(2)20-14-21(17(3)12-24(20)33-4)26-29-22-9-7-6-8-19(22)27(32)30(26)28-15-18-10-11-23(31)25(13-18)34-5/h6-16,31H,1-5H3. The quantitative estimate of drug-likeness (QED) is 0.407. The van der Waals surface area contributed by atoms with E-state index >= 15 is 0 Å². The van der Waals surface area contributed by atoms with Crippen LogP contribution in [-0.2, 0) is 0 Å².